The summed E-state index contributed by atoms with van der Waals surface area (Å²) in [5.41, 5.74) is 1.35. The van der Waals surface area contributed by atoms with Crippen molar-refractivity contribution in [1.82, 2.24) is 14.8 Å². The van der Waals surface area contributed by atoms with Gasteiger partial charge >= 0.3 is 6.03 Å². The Kier molecular flexibility index (Phi) is 5.05. The average Bonchev–Trinajstić information content (AvgIpc) is 3.00. The van der Waals surface area contributed by atoms with Crippen LogP contribution < -0.4 is 5.32 Å². The van der Waals surface area contributed by atoms with E-state index in [2.05, 4.69) is 10.3 Å². The van der Waals surface area contributed by atoms with Crippen LogP contribution in [0.5, 0.6) is 0 Å². The monoisotopic (exact) mass is 346 g/mol. The Morgan fingerprint density at radius 2 is 1.71 bits per heavy atom. The van der Waals surface area contributed by atoms with Gasteiger partial charge in [-0.15, -0.1) is 0 Å². The van der Waals surface area contributed by atoms with E-state index < -0.39 is 0 Å². The summed E-state index contributed by atoms with van der Waals surface area (Å²) in [4.78, 5) is 31.2. The lowest BCUT2D eigenvalue weighted by Gasteiger charge is -2.22. The SMILES string of the molecule is O=C(Nc1ccc(Cl)cc1)N1CCCN(C(=O)c2cc[nH]c2)CC1. The van der Waals surface area contributed by atoms with Crippen molar-refractivity contribution in [1.29, 1.82) is 0 Å². The lowest BCUT2D eigenvalue weighted by atomic mass is 10.3. The van der Waals surface area contributed by atoms with Crippen LogP contribution in [-0.4, -0.2) is 52.9 Å². The molecular weight excluding hydrogens is 328 g/mol. The zero-order valence-electron chi connectivity index (χ0n) is 13.2. The Hall–Kier alpha value is -2.47. The van der Waals surface area contributed by atoms with Gasteiger partial charge < -0.3 is 20.1 Å². The van der Waals surface area contributed by atoms with Crippen molar-refractivity contribution in [3.8, 4) is 0 Å². The van der Waals surface area contributed by atoms with Crippen LogP contribution in [0.25, 0.3) is 0 Å². The standard InChI is InChI=1S/C17H19ClN4O2/c18-14-2-4-15(5-3-14)20-17(24)22-9-1-8-21(10-11-22)16(23)13-6-7-19-12-13/h2-7,12,19H,1,8-11H2,(H,20,24). The van der Waals surface area contributed by atoms with Gasteiger partial charge in [-0.1, -0.05) is 11.6 Å². The topological polar surface area (TPSA) is 68.4 Å². The fourth-order valence-electron chi connectivity index (χ4n) is 2.70. The Morgan fingerprint density at radius 1 is 1.00 bits per heavy atom. The normalized spacial score (nSPS) is 15.0. The van der Waals surface area contributed by atoms with Crippen LogP contribution in [0.3, 0.4) is 0 Å². The molecule has 1 aromatic carbocycles. The molecule has 1 saturated heterocycles. The number of aromatic amines is 1. The van der Waals surface area contributed by atoms with Gasteiger partial charge in [0.05, 0.1) is 5.56 Å². The molecular formula is C17H19ClN4O2. The minimum Gasteiger partial charge on any atom is -0.367 e. The molecule has 0 aliphatic carbocycles. The smallest absolute Gasteiger partial charge is 0.321 e. The highest BCUT2D eigenvalue weighted by molar-refractivity contribution is 6.30. The first-order chi connectivity index (χ1) is 11.6. The number of halogens is 1. The molecule has 6 nitrogen and oxygen atoms in total. The summed E-state index contributed by atoms with van der Waals surface area (Å²) in [5.74, 6) is -0.00351. The van der Waals surface area contributed by atoms with E-state index in [1.54, 1.807) is 52.5 Å². The lowest BCUT2D eigenvalue weighted by Crippen LogP contribution is -2.39. The molecule has 0 spiro atoms. The van der Waals surface area contributed by atoms with Crippen LogP contribution in [0, 0.1) is 0 Å². The predicted molar refractivity (Wildman–Crippen MR) is 93.4 cm³/mol. The Labute approximate surface area is 145 Å². The molecule has 0 saturated carbocycles. The van der Waals surface area contributed by atoms with Crippen LogP contribution in [0.1, 0.15) is 16.8 Å². The Bertz CT molecular complexity index is 700. The first kappa shape index (κ1) is 16.4. The number of nitrogens with zero attached hydrogens (tertiary/aromatic N) is 2. The van der Waals surface area contributed by atoms with Gasteiger partial charge in [0.1, 0.15) is 0 Å². The first-order valence-corrected chi connectivity index (χ1v) is 8.25. The molecule has 1 aromatic heterocycles. The molecule has 0 radical (unpaired) electrons. The van der Waals surface area contributed by atoms with Crippen molar-refractivity contribution in [3.05, 3.63) is 53.3 Å². The summed E-state index contributed by atoms with van der Waals surface area (Å²) >= 11 is 5.84. The van der Waals surface area contributed by atoms with Crippen molar-refractivity contribution >= 4 is 29.2 Å². The minimum atomic E-state index is -0.159. The van der Waals surface area contributed by atoms with E-state index in [4.69, 9.17) is 11.6 Å². The highest BCUT2D eigenvalue weighted by Gasteiger charge is 2.23. The fraction of sp³-hybridized carbons (Fsp3) is 0.294. The second kappa shape index (κ2) is 7.40. The number of hydrogen-bond donors (Lipinski definition) is 2. The van der Waals surface area contributed by atoms with Crippen molar-refractivity contribution in [2.24, 2.45) is 0 Å². The van der Waals surface area contributed by atoms with Gasteiger partial charge in [-0.05, 0) is 36.8 Å². The number of rotatable bonds is 2. The molecule has 7 heteroatoms. The third-order valence-corrected chi connectivity index (χ3v) is 4.26. The molecule has 3 rings (SSSR count). The number of anilines is 1. The van der Waals surface area contributed by atoms with Gasteiger partial charge in [0.25, 0.3) is 5.91 Å². The zero-order valence-corrected chi connectivity index (χ0v) is 13.9. The van der Waals surface area contributed by atoms with E-state index in [1.165, 1.54) is 0 Å². The van der Waals surface area contributed by atoms with E-state index >= 15 is 0 Å². The maximum Gasteiger partial charge on any atom is 0.321 e. The molecule has 1 fully saturated rings. The van der Waals surface area contributed by atoms with E-state index in [-0.39, 0.29) is 11.9 Å². The van der Waals surface area contributed by atoms with Crippen LogP contribution in [0.2, 0.25) is 5.02 Å². The van der Waals surface area contributed by atoms with Gasteiger partial charge in [0, 0.05) is 49.3 Å². The molecule has 24 heavy (non-hydrogen) atoms. The molecule has 2 N–H and O–H groups in total. The van der Waals surface area contributed by atoms with E-state index in [0.717, 1.165) is 6.42 Å². The Balaban J connectivity index is 1.57. The molecule has 0 atom stereocenters. The molecule has 1 aliphatic heterocycles. The Morgan fingerprint density at radius 3 is 2.42 bits per heavy atom. The number of amides is 3. The molecule has 0 unspecified atom stereocenters. The summed E-state index contributed by atoms with van der Waals surface area (Å²) in [5, 5.41) is 3.48. The summed E-state index contributed by atoms with van der Waals surface area (Å²) in [7, 11) is 0. The third-order valence-electron chi connectivity index (χ3n) is 4.01. The summed E-state index contributed by atoms with van der Waals surface area (Å²) in [6.07, 6.45) is 4.18. The van der Waals surface area contributed by atoms with Gasteiger partial charge in [-0.2, -0.15) is 0 Å². The number of carbonyl (C=O) groups is 2. The molecule has 1 aliphatic rings. The number of aromatic nitrogens is 1. The lowest BCUT2D eigenvalue weighted by molar-refractivity contribution is 0.0763. The van der Waals surface area contributed by atoms with Gasteiger partial charge in [0.2, 0.25) is 0 Å². The zero-order chi connectivity index (χ0) is 16.9. The van der Waals surface area contributed by atoms with Crippen molar-refractivity contribution in [2.45, 2.75) is 6.42 Å². The fourth-order valence-corrected chi connectivity index (χ4v) is 2.82. The maximum absolute atomic E-state index is 12.4. The highest BCUT2D eigenvalue weighted by atomic mass is 35.5. The largest absolute Gasteiger partial charge is 0.367 e. The van der Waals surface area contributed by atoms with Crippen LogP contribution in [0.15, 0.2) is 42.7 Å². The molecule has 0 bridgehead atoms. The van der Waals surface area contributed by atoms with Crippen LogP contribution in [0.4, 0.5) is 10.5 Å². The first-order valence-electron chi connectivity index (χ1n) is 7.87. The van der Waals surface area contributed by atoms with Gasteiger partial charge in [0.15, 0.2) is 0 Å². The van der Waals surface area contributed by atoms with Gasteiger partial charge in [-0.3, -0.25) is 4.79 Å². The summed E-state index contributed by atoms with van der Waals surface area (Å²) in [6.45, 7) is 2.30. The minimum absolute atomic E-state index is 0.00351. The molecule has 3 amide bonds. The van der Waals surface area contributed by atoms with Crippen molar-refractivity contribution in [3.63, 3.8) is 0 Å². The van der Waals surface area contributed by atoms with Crippen LogP contribution in [-0.2, 0) is 0 Å². The van der Waals surface area contributed by atoms with E-state index in [9.17, 15) is 9.59 Å². The average molecular weight is 347 g/mol. The number of carbonyl (C=O) groups excluding carboxylic acids is 2. The van der Waals surface area contributed by atoms with E-state index in [0.29, 0.717) is 42.5 Å². The number of hydrogen-bond acceptors (Lipinski definition) is 2. The highest BCUT2D eigenvalue weighted by Crippen LogP contribution is 2.15. The second-order valence-corrected chi connectivity index (χ2v) is 6.11. The molecule has 2 heterocycles. The summed E-state index contributed by atoms with van der Waals surface area (Å²) in [6, 6.07) is 8.60. The molecule has 126 valence electrons. The maximum atomic E-state index is 12.4. The number of nitrogens with one attached hydrogen (secondary N) is 2. The number of H-pyrrole nitrogens is 1. The van der Waals surface area contributed by atoms with E-state index in [1.807, 2.05) is 0 Å². The van der Waals surface area contributed by atoms with Gasteiger partial charge in [-0.25, -0.2) is 4.79 Å². The van der Waals surface area contributed by atoms with Crippen LogP contribution >= 0.6 is 11.6 Å². The van der Waals surface area contributed by atoms with Crippen molar-refractivity contribution in [2.75, 3.05) is 31.5 Å². The second-order valence-electron chi connectivity index (χ2n) is 5.67. The molecule has 2 aromatic rings. The summed E-state index contributed by atoms with van der Waals surface area (Å²) < 4.78 is 0. The predicted octanol–water partition coefficient (Wildman–Crippen LogP) is 3.05. The number of urea groups is 1. The third kappa shape index (κ3) is 3.89. The quantitative estimate of drug-likeness (QED) is 0.877. The van der Waals surface area contributed by atoms with Crippen molar-refractivity contribution < 1.29 is 9.59 Å². The number of benzene rings is 1.